The van der Waals surface area contributed by atoms with E-state index in [1.54, 1.807) is 0 Å². The molecule has 0 fully saturated rings. The molecule has 100 valence electrons. The van der Waals surface area contributed by atoms with E-state index in [-0.39, 0.29) is 12.0 Å². The first-order chi connectivity index (χ1) is 8.50. The van der Waals surface area contributed by atoms with Gasteiger partial charge in [0.25, 0.3) is 0 Å². The molecule has 0 aromatic heterocycles. The Bertz CT molecular complexity index is 415. The van der Waals surface area contributed by atoms with Gasteiger partial charge in [-0.15, -0.1) is 0 Å². The number of fused-ring (bicyclic) bond motifs is 1. The van der Waals surface area contributed by atoms with E-state index in [4.69, 9.17) is 4.74 Å². The van der Waals surface area contributed by atoms with Crippen molar-refractivity contribution in [3.63, 3.8) is 0 Å². The van der Waals surface area contributed by atoms with Crippen LogP contribution in [0.15, 0.2) is 18.2 Å². The van der Waals surface area contributed by atoms with Gasteiger partial charge in [-0.3, -0.25) is 0 Å². The highest BCUT2D eigenvalue weighted by Gasteiger charge is 2.19. The predicted octanol–water partition coefficient (Wildman–Crippen LogP) is 2.07. The molecule has 0 spiro atoms. The molecule has 0 bridgehead atoms. The molecule has 0 unspecified atom stereocenters. The maximum Gasteiger partial charge on any atom is 0.122 e. The van der Waals surface area contributed by atoms with Gasteiger partial charge in [0.1, 0.15) is 5.75 Å². The van der Waals surface area contributed by atoms with Crippen LogP contribution in [0.2, 0.25) is 0 Å². The molecule has 0 saturated carbocycles. The van der Waals surface area contributed by atoms with Crippen LogP contribution in [0.5, 0.6) is 5.75 Å². The SMILES string of the molecule is CN(Cc1ccc2c(c1)CCO2)CC(C)(C)CO. The van der Waals surface area contributed by atoms with Crippen LogP contribution in [0.25, 0.3) is 0 Å². The molecular formula is C15H23NO2. The van der Waals surface area contributed by atoms with E-state index in [1.165, 1.54) is 11.1 Å². The Morgan fingerprint density at radius 1 is 1.39 bits per heavy atom. The Morgan fingerprint density at radius 3 is 2.89 bits per heavy atom. The largest absolute Gasteiger partial charge is 0.493 e. The quantitative estimate of drug-likeness (QED) is 0.867. The topological polar surface area (TPSA) is 32.7 Å². The maximum atomic E-state index is 9.29. The van der Waals surface area contributed by atoms with Crippen molar-refractivity contribution < 1.29 is 9.84 Å². The molecule has 1 aliphatic rings. The summed E-state index contributed by atoms with van der Waals surface area (Å²) < 4.78 is 5.51. The molecule has 1 heterocycles. The van der Waals surface area contributed by atoms with Crippen molar-refractivity contribution in [3.8, 4) is 5.75 Å². The van der Waals surface area contributed by atoms with Crippen molar-refractivity contribution in [2.45, 2.75) is 26.8 Å². The van der Waals surface area contributed by atoms with E-state index in [0.29, 0.717) is 0 Å². The monoisotopic (exact) mass is 249 g/mol. The third-order valence-electron chi connectivity index (χ3n) is 3.33. The summed E-state index contributed by atoms with van der Waals surface area (Å²) >= 11 is 0. The number of aliphatic hydroxyl groups is 1. The minimum Gasteiger partial charge on any atom is -0.493 e. The summed E-state index contributed by atoms with van der Waals surface area (Å²) in [5.74, 6) is 1.04. The van der Waals surface area contributed by atoms with Gasteiger partial charge >= 0.3 is 0 Å². The lowest BCUT2D eigenvalue weighted by Crippen LogP contribution is -2.33. The highest BCUT2D eigenvalue weighted by atomic mass is 16.5. The van der Waals surface area contributed by atoms with Gasteiger partial charge in [-0.05, 0) is 24.2 Å². The van der Waals surface area contributed by atoms with E-state index in [2.05, 4.69) is 44.0 Å². The van der Waals surface area contributed by atoms with E-state index >= 15 is 0 Å². The standard InChI is InChI=1S/C15H23NO2/c1-15(2,11-17)10-16(3)9-12-4-5-14-13(8-12)6-7-18-14/h4-5,8,17H,6-7,9-11H2,1-3H3. The fourth-order valence-corrected chi connectivity index (χ4v) is 2.49. The first kappa shape index (κ1) is 13.4. The zero-order valence-corrected chi connectivity index (χ0v) is 11.6. The van der Waals surface area contributed by atoms with Crippen LogP contribution >= 0.6 is 0 Å². The Kier molecular flexibility index (Phi) is 3.93. The minimum absolute atomic E-state index is 0.0470. The smallest absolute Gasteiger partial charge is 0.122 e. The lowest BCUT2D eigenvalue weighted by atomic mass is 9.94. The molecular weight excluding hydrogens is 226 g/mol. The molecule has 3 heteroatoms. The van der Waals surface area contributed by atoms with Crippen molar-refractivity contribution >= 4 is 0 Å². The highest BCUT2D eigenvalue weighted by molar-refractivity contribution is 5.39. The lowest BCUT2D eigenvalue weighted by molar-refractivity contribution is 0.112. The molecule has 2 rings (SSSR count). The number of aliphatic hydroxyl groups excluding tert-OH is 1. The molecule has 0 amide bonds. The molecule has 1 aliphatic heterocycles. The van der Waals surface area contributed by atoms with Gasteiger partial charge < -0.3 is 14.7 Å². The Morgan fingerprint density at radius 2 is 2.17 bits per heavy atom. The molecule has 0 saturated heterocycles. The lowest BCUT2D eigenvalue weighted by Gasteiger charge is -2.28. The van der Waals surface area contributed by atoms with E-state index in [0.717, 1.165) is 31.9 Å². The zero-order valence-electron chi connectivity index (χ0n) is 11.6. The molecule has 3 nitrogen and oxygen atoms in total. The summed E-state index contributed by atoms with van der Waals surface area (Å²) in [6.45, 7) is 7.00. The molecule has 1 aromatic rings. The third-order valence-corrected chi connectivity index (χ3v) is 3.33. The summed E-state index contributed by atoms with van der Waals surface area (Å²) in [4.78, 5) is 2.26. The average molecular weight is 249 g/mol. The number of nitrogens with zero attached hydrogens (tertiary/aromatic N) is 1. The number of hydrogen-bond donors (Lipinski definition) is 1. The second kappa shape index (κ2) is 5.29. The number of rotatable bonds is 5. The van der Waals surface area contributed by atoms with Crippen LogP contribution < -0.4 is 4.74 Å². The summed E-state index contributed by atoms with van der Waals surface area (Å²) in [5.41, 5.74) is 2.59. The average Bonchev–Trinajstić information content (AvgIpc) is 2.75. The molecule has 0 aliphatic carbocycles. The Balaban J connectivity index is 1.97. The zero-order chi connectivity index (χ0) is 13.2. The van der Waals surface area contributed by atoms with Crippen LogP contribution in [0.3, 0.4) is 0 Å². The molecule has 1 N–H and O–H groups in total. The second-order valence-electron chi connectivity index (χ2n) is 6.04. The first-order valence-corrected chi connectivity index (χ1v) is 6.54. The van der Waals surface area contributed by atoms with Crippen LogP contribution in [-0.2, 0) is 13.0 Å². The van der Waals surface area contributed by atoms with Gasteiger partial charge in [0.15, 0.2) is 0 Å². The van der Waals surface area contributed by atoms with Gasteiger partial charge in [-0.2, -0.15) is 0 Å². The Labute approximate surface area is 109 Å². The van der Waals surface area contributed by atoms with Crippen LogP contribution in [0.4, 0.5) is 0 Å². The van der Waals surface area contributed by atoms with E-state index in [1.807, 2.05) is 0 Å². The highest BCUT2D eigenvalue weighted by Crippen LogP contribution is 2.26. The van der Waals surface area contributed by atoms with Gasteiger partial charge in [0.2, 0.25) is 0 Å². The number of hydrogen-bond acceptors (Lipinski definition) is 3. The second-order valence-corrected chi connectivity index (χ2v) is 6.04. The van der Waals surface area contributed by atoms with Crippen molar-refractivity contribution in [2.75, 3.05) is 26.8 Å². The van der Waals surface area contributed by atoms with Gasteiger partial charge in [-0.25, -0.2) is 0 Å². The third kappa shape index (κ3) is 3.24. The molecule has 18 heavy (non-hydrogen) atoms. The van der Waals surface area contributed by atoms with Crippen LogP contribution in [0, 0.1) is 5.41 Å². The summed E-state index contributed by atoms with van der Waals surface area (Å²) in [5, 5.41) is 9.29. The summed E-state index contributed by atoms with van der Waals surface area (Å²) in [6, 6.07) is 6.44. The van der Waals surface area contributed by atoms with Crippen LogP contribution in [-0.4, -0.2) is 36.8 Å². The van der Waals surface area contributed by atoms with E-state index in [9.17, 15) is 5.11 Å². The summed E-state index contributed by atoms with van der Waals surface area (Å²) in [6.07, 6.45) is 1.02. The molecule has 0 radical (unpaired) electrons. The van der Waals surface area contributed by atoms with Gasteiger partial charge in [0.05, 0.1) is 6.61 Å². The number of ether oxygens (including phenoxy) is 1. The van der Waals surface area contributed by atoms with Crippen LogP contribution in [0.1, 0.15) is 25.0 Å². The predicted molar refractivity (Wildman–Crippen MR) is 72.8 cm³/mol. The normalized spacial score (nSPS) is 14.7. The van der Waals surface area contributed by atoms with E-state index < -0.39 is 0 Å². The van der Waals surface area contributed by atoms with Gasteiger partial charge in [0, 0.05) is 31.5 Å². The van der Waals surface area contributed by atoms with Crippen molar-refractivity contribution in [1.29, 1.82) is 0 Å². The fraction of sp³-hybridized carbons (Fsp3) is 0.600. The van der Waals surface area contributed by atoms with Crippen molar-refractivity contribution in [3.05, 3.63) is 29.3 Å². The van der Waals surface area contributed by atoms with Gasteiger partial charge in [-0.1, -0.05) is 26.0 Å². The fourth-order valence-electron chi connectivity index (χ4n) is 2.49. The molecule has 1 aromatic carbocycles. The van der Waals surface area contributed by atoms with Crippen molar-refractivity contribution in [1.82, 2.24) is 4.90 Å². The Hall–Kier alpha value is -1.06. The maximum absolute atomic E-state index is 9.29. The minimum atomic E-state index is -0.0470. The number of benzene rings is 1. The first-order valence-electron chi connectivity index (χ1n) is 6.54. The summed E-state index contributed by atoms with van der Waals surface area (Å²) in [7, 11) is 2.10. The molecule has 0 atom stereocenters. The van der Waals surface area contributed by atoms with Crippen molar-refractivity contribution in [2.24, 2.45) is 5.41 Å².